The van der Waals surface area contributed by atoms with E-state index >= 15 is 0 Å². The molecule has 3 aromatic rings. The van der Waals surface area contributed by atoms with Crippen LogP contribution in [0.3, 0.4) is 0 Å². The fourth-order valence-electron chi connectivity index (χ4n) is 2.86. The summed E-state index contributed by atoms with van der Waals surface area (Å²) >= 11 is 6.60. The first kappa shape index (κ1) is 20.1. The number of amides is 1. The lowest BCUT2D eigenvalue weighted by atomic mass is 10.1. The lowest BCUT2D eigenvalue weighted by Gasteiger charge is -2.10. The van der Waals surface area contributed by atoms with E-state index in [9.17, 15) is 9.59 Å². The Balaban J connectivity index is 1.54. The van der Waals surface area contributed by atoms with Crippen LogP contribution in [0.5, 0.6) is 11.5 Å². The standard InChI is InChI=1S/C19H21N3O4S2/c1-25-14-4-3-12(11-15(14)26-2)5-8-20-16(23)6-9-22-18(24)17-13(7-10-28-17)21-19(22)27/h3-4,7,10-11H,5-6,8-9H2,1-2H3,(H,20,23)(H,21,27). The van der Waals surface area contributed by atoms with Crippen LogP contribution in [-0.2, 0) is 17.8 Å². The van der Waals surface area contributed by atoms with Crippen molar-refractivity contribution in [1.29, 1.82) is 0 Å². The number of aromatic amines is 1. The number of thiophene rings is 1. The van der Waals surface area contributed by atoms with Gasteiger partial charge in [0, 0.05) is 19.5 Å². The molecule has 0 saturated carbocycles. The number of nitrogens with zero attached hydrogens (tertiary/aromatic N) is 1. The van der Waals surface area contributed by atoms with E-state index in [1.165, 1.54) is 15.9 Å². The molecule has 0 atom stereocenters. The maximum absolute atomic E-state index is 12.5. The SMILES string of the molecule is COc1ccc(CCNC(=O)CCn2c(=S)[nH]c3ccsc3c2=O)cc1OC. The molecule has 0 saturated heterocycles. The van der Waals surface area contributed by atoms with E-state index in [-0.39, 0.29) is 24.4 Å². The van der Waals surface area contributed by atoms with Crippen molar-refractivity contribution < 1.29 is 14.3 Å². The average molecular weight is 420 g/mol. The fourth-order valence-corrected chi connectivity index (χ4v) is 3.94. The van der Waals surface area contributed by atoms with Gasteiger partial charge in [-0.1, -0.05) is 6.07 Å². The molecule has 28 heavy (non-hydrogen) atoms. The highest BCUT2D eigenvalue weighted by atomic mass is 32.1. The minimum atomic E-state index is -0.160. The summed E-state index contributed by atoms with van der Waals surface area (Å²) in [7, 11) is 3.18. The molecule has 0 fully saturated rings. The summed E-state index contributed by atoms with van der Waals surface area (Å²) in [5.41, 5.74) is 1.60. The topological polar surface area (TPSA) is 85.4 Å². The first-order valence-corrected chi connectivity index (χ1v) is 10.00. The van der Waals surface area contributed by atoms with Crippen molar-refractivity contribution in [1.82, 2.24) is 14.9 Å². The van der Waals surface area contributed by atoms with E-state index in [1.807, 2.05) is 29.6 Å². The van der Waals surface area contributed by atoms with Gasteiger partial charge in [0.2, 0.25) is 5.91 Å². The number of carbonyl (C=O) groups excluding carboxylic acids is 1. The van der Waals surface area contributed by atoms with Gasteiger partial charge in [0.05, 0.1) is 19.7 Å². The van der Waals surface area contributed by atoms with Crippen LogP contribution in [0, 0.1) is 4.77 Å². The first-order chi connectivity index (χ1) is 13.5. The minimum absolute atomic E-state index is 0.131. The van der Waals surface area contributed by atoms with Crippen LogP contribution in [-0.4, -0.2) is 36.2 Å². The van der Waals surface area contributed by atoms with Gasteiger partial charge in [-0.3, -0.25) is 14.2 Å². The quantitative estimate of drug-likeness (QED) is 0.549. The number of benzene rings is 1. The Bertz CT molecular complexity index is 1100. The van der Waals surface area contributed by atoms with Gasteiger partial charge in [-0.2, -0.15) is 0 Å². The van der Waals surface area contributed by atoms with E-state index < -0.39 is 0 Å². The van der Waals surface area contributed by atoms with E-state index in [4.69, 9.17) is 21.7 Å². The average Bonchev–Trinajstić information content (AvgIpc) is 3.16. The van der Waals surface area contributed by atoms with E-state index in [2.05, 4.69) is 10.3 Å². The van der Waals surface area contributed by atoms with Crippen molar-refractivity contribution in [3.05, 3.63) is 50.3 Å². The lowest BCUT2D eigenvalue weighted by Crippen LogP contribution is -2.29. The predicted octanol–water partition coefficient (Wildman–Crippen LogP) is 2.89. The van der Waals surface area contributed by atoms with Crippen LogP contribution in [0.2, 0.25) is 0 Å². The molecule has 0 radical (unpaired) electrons. The van der Waals surface area contributed by atoms with Crippen LogP contribution in [0.1, 0.15) is 12.0 Å². The summed E-state index contributed by atoms with van der Waals surface area (Å²) in [4.78, 5) is 27.6. The van der Waals surface area contributed by atoms with Gasteiger partial charge in [0.1, 0.15) is 4.70 Å². The monoisotopic (exact) mass is 419 g/mol. The maximum atomic E-state index is 12.5. The molecule has 0 aliphatic carbocycles. The molecule has 3 rings (SSSR count). The molecule has 0 bridgehead atoms. The number of aromatic nitrogens is 2. The summed E-state index contributed by atoms with van der Waals surface area (Å²) < 4.78 is 12.9. The smallest absolute Gasteiger partial charge is 0.272 e. The number of carbonyl (C=O) groups is 1. The molecular formula is C19H21N3O4S2. The van der Waals surface area contributed by atoms with Crippen LogP contribution in [0.4, 0.5) is 0 Å². The molecule has 148 valence electrons. The Morgan fingerprint density at radius 2 is 2.04 bits per heavy atom. The van der Waals surface area contributed by atoms with Gasteiger partial charge in [-0.15, -0.1) is 11.3 Å². The van der Waals surface area contributed by atoms with Gasteiger partial charge < -0.3 is 19.8 Å². The number of rotatable bonds is 8. The first-order valence-electron chi connectivity index (χ1n) is 8.71. The molecule has 1 aromatic carbocycles. The van der Waals surface area contributed by atoms with Crippen molar-refractivity contribution in [3.63, 3.8) is 0 Å². The highest BCUT2D eigenvalue weighted by molar-refractivity contribution is 7.71. The van der Waals surface area contributed by atoms with Crippen molar-refractivity contribution >= 4 is 39.7 Å². The van der Waals surface area contributed by atoms with Gasteiger partial charge in [0.15, 0.2) is 16.3 Å². The summed E-state index contributed by atoms with van der Waals surface area (Å²) in [6, 6.07) is 7.48. The Kier molecular flexibility index (Phi) is 6.48. The Hall–Kier alpha value is -2.65. The molecular weight excluding hydrogens is 398 g/mol. The molecule has 0 aliphatic heterocycles. The lowest BCUT2D eigenvalue weighted by molar-refractivity contribution is -0.121. The summed E-state index contributed by atoms with van der Waals surface area (Å²) in [5.74, 6) is 1.19. The van der Waals surface area contributed by atoms with Gasteiger partial charge in [0.25, 0.3) is 5.56 Å². The van der Waals surface area contributed by atoms with Crippen molar-refractivity contribution in [2.75, 3.05) is 20.8 Å². The van der Waals surface area contributed by atoms with Crippen LogP contribution >= 0.6 is 23.6 Å². The van der Waals surface area contributed by atoms with Crippen LogP contribution in [0.15, 0.2) is 34.4 Å². The molecule has 0 aliphatic rings. The van der Waals surface area contributed by atoms with Crippen molar-refractivity contribution in [3.8, 4) is 11.5 Å². The van der Waals surface area contributed by atoms with Gasteiger partial charge in [-0.25, -0.2) is 0 Å². The molecule has 2 aromatic heterocycles. The third-order valence-electron chi connectivity index (χ3n) is 4.34. The van der Waals surface area contributed by atoms with Crippen LogP contribution in [0.25, 0.3) is 10.2 Å². The number of methoxy groups -OCH3 is 2. The fraction of sp³-hybridized carbons (Fsp3) is 0.316. The highest BCUT2D eigenvalue weighted by Gasteiger charge is 2.09. The van der Waals surface area contributed by atoms with Crippen molar-refractivity contribution in [2.45, 2.75) is 19.4 Å². The summed E-state index contributed by atoms with van der Waals surface area (Å²) in [6.07, 6.45) is 0.841. The van der Waals surface area contributed by atoms with Crippen molar-refractivity contribution in [2.24, 2.45) is 0 Å². The molecule has 1 amide bonds. The minimum Gasteiger partial charge on any atom is -0.493 e. The zero-order chi connectivity index (χ0) is 20.1. The highest BCUT2D eigenvalue weighted by Crippen LogP contribution is 2.27. The molecule has 2 heterocycles. The normalized spacial score (nSPS) is 10.8. The predicted molar refractivity (Wildman–Crippen MR) is 112 cm³/mol. The Labute approximate surface area is 170 Å². The number of nitrogens with one attached hydrogen (secondary N) is 2. The Morgan fingerprint density at radius 1 is 1.25 bits per heavy atom. The zero-order valence-electron chi connectivity index (χ0n) is 15.6. The molecule has 0 unspecified atom stereocenters. The second-order valence-corrected chi connectivity index (χ2v) is 7.39. The van der Waals surface area contributed by atoms with Crippen LogP contribution < -0.4 is 20.3 Å². The number of hydrogen-bond acceptors (Lipinski definition) is 6. The summed E-state index contributed by atoms with van der Waals surface area (Å²) in [5, 5.41) is 4.71. The molecule has 9 heteroatoms. The van der Waals surface area contributed by atoms with E-state index in [1.54, 1.807) is 14.2 Å². The molecule has 0 spiro atoms. The van der Waals surface area contributed by atoms with E-state index in [0.29, 0.717) is 33.9 Å². The molecule has 2 N–H and O–H groups in total. The number of hydrogen-bond donors (Lipinski definition) is 2. The zero-order valence-corrected chi connectivity index (χ0v) is 17.2. The number of fused-ring (bicyclic) bond motifs is 1. The molecule has 7 nitrogen and oxygen atoms in total. The third kappa shape index (κ3) is 4.42. The Morgan fingerprint density at radius 3 is 2.79 bits per heavy atom. The second-order valence-electron chi connectivity index (χ2n) is 6.09. The third-order valence-corrected chi connectivity index (χ3v) is 5.56. The largest absolute Gasteiger partial charge is 0.493 e. The second kappa shape index (κ2) is 9.03. The summed E-state index contributed by atoms with van der Waals surface area (Å²) in [6.45, 7) is 0.726. The number of H-pyrrole nitrogens is 1. The number of ether oxygens (including phenoxy) is 2. The van der Waals surface area contributed by atoms with E-state index in [0.717, 1.165) is 11.1 Å². The maximum Gasteiger partial charge on any atom is 0.272 e. The van der Waals surface area contributed by atoms with Gasteiger partial charge in [-0.05, 0) is 47.8 Å². The van der Waals surface area contributed by atoms with Gasteiger partial charge >= 0.3 is 0 Å².